The summed E-state index contributed by atoms with van der Waals surface area (Å²) >= 11 is 3.48. The van der Waals surface area contributed by atoms with Crippen LogP contribution in [0, 0.1) is 11.3 Å². The number of nitrogens with two attached hydrogens (primary N) is 1. The molecule has 0 fully saturated rings. The first-order chi connectivity index (χ1) is 9.56. The van der Waals surface area contributed by atoms with Crippen molar-refractivity contribution < 1.29 is 9.53 Å². The van der Waals surface area contributed by atoms with Crippen LogP contribution in [0.4, 0.5) is 0 Å². The Balaban J connectivity index is 2.61. The van der Waals surface area contributed by atoms with Gasteiger partial charge in [0, 0.05) is 10.5 Å². The molecule has 1 aromatic carbocycles. The van der Waals surface area contributed by atoms with E-state index in [0.717, 1.165) is 22.9 Å². The topological polar surface area (TPSA) is 88.1 Å². The summed E-state index contributed by atoms with van der Waals surface area (Å²) in [6.45, 7) is 1.92. The Labute approximate surface area is 127 Å². The lowest BCUT2D eigenvalue weighted by Gasteiger charge is -2.12. The molecule has 108 valence electrons. The van der Waals surface area contributed by atoms with Crippen molar-refractivity contribution in [2.24, 2.45) is 5.73 Å². The van der Waals surface area contributed by atoms with Crippen LogP contribution in [-0.2, 0) is 11.2 Å². The molecular weight excluding hydrogens is 322 g/mol. The summed E-state index contributed by atoms with van der Waals surface area (Å²) in [7, 11) is 0. The van der Waals surface area contributed by atoms with Crippen molar-refractivity contribution in [2.75, 3.05) is 13.2 Å². The number of rotatable bonds is 7. The van der Waals surface area contributed by atoms with Crippen LogP contribution in [0.15, 0.2) is 22.7 Å². The van der Waals surface area contributed by atoms with Crippen molar-refractivity contribution in [2.45, 2.75) is 25.8 Å². The Kier molecular flexibility index (Phi) is 7.05. The van der Waals surface area contributed by atoms with Crippen molar-refractivity contribution >= 4 is 21.8 Å². The Morgan fingerprint density at radius 3 is 3.00 bits per heavy atom. The number of benzene rings is 1. The molecule has 0 aromatic heterocycles. The fourth-order valence-corrected chi connectivity index (χ4v) is 1.97. The Morgan fingerprint density at radius 1 is 1.60 bits per heavy atom. The first-order valence-electron chi connectivity index (χ1n) is 6.37. The van der Waals surface area contributed by atoms with Crippen LogP contribution in [0.25, 0.3) is 0 Å². The summed E-state index contributed by atoms with van der Waals surface area (Å²) in [6.07, 6.45) is 1.64. The summed E-state index contributed by atoms with van der Waals surface area (Å²) in [6, 6.07) is 7.46. The Bertz CT molecular complexity index is 500. The highest BCUT2D eigenvalue weighted by atomic mass is 79.9. The highest BCUT2D eigenvalue weighted by Gasteiger charge is 2.08. The second-order valence-corrected chi connectivity index (χ2v) is 5.20. The van der Waals surface area contributed by atoms with Crippen LogP contribution in [0.2, 0.25) is 0 Å². The van der Waals surface area contributed by atoms with E-state index in [1.54, 1.807) is 6.07 Å². The SMILES string of the molecule is CCC(N)Cc1cc(OCC(=O)NCC#N)ccc1Br. The molecule has 1 rings (SSSR count). The lowest BCUT2D eigenvalue weighted by Crippen LogP contribution is -2.29. The quantitative estimate of drug-likeness (QED) is 0.740. The second kappa shape index (κ2) is 8.56. The highest BCUT2D eigenvalue weighted by molar-refractivity contribution is 9.10. The molecule has 0 aliphatic heterocycles. The summed E-state index contributed by atoms with van der Waals surface area (Å²) < 4.78 is 6.37. The van der Waals surface area contributed by atoms with Crippen LogP contribution >= 0.6 is 15.9 Å². The molecular formula is C14H18BrN3O2. The average molecular weight is 340 g/mol. The molecule has 1 atom stereocenters. The van der Waals surface area contributed by atoms with Crippen LogP contribution in [0.3, 0.4) is 0 Å². The van der Waals surface area contributed by atoms with Crippen LogP contribution in [-0.4, -0.2) is 25.1 Å². The molecule has 0 saturated carbocycles. The van der Waals surface area contributed by atoms with Gasteiger partial charge in [0.05, 0.1) is 6.07 Å². The zero-order valence-electron chi connectivity index (χ0n) is 11.4. The van der Waals surface area contributed by atoms with E-state index in [4.69, 9.17) is 15.7 Å². The molecule has 6 heteroatoms. The van der Waals surface area contributed by atoms with Crippen LogP contribution < -0.4 is 15.8 Å². The van der Waals surface area contributed by atoms with Gasteiger partial charge in [-0.15, -0.1) is 0 Å². The van der Waals surface area contributed by atoms with Gasteiger partial charge in [0.15, 0.2) is 6.61 Å². The number of nitriles is 1. The van der Waals surface area contributed by atoms with E-state index in [1.165, 1.54) is 0 Å². The standard InChI is InChI=1S/C14H18BrN3O2/c1-2-11(17)7-10-8-12(3-4-13(10)15)20-9-14(19)18-6-5-16/h3-4,8,11H,2,6-7,9,17H2,1H3,(H,18,19). The zero-order chi connectivity index (χ0) is 15.0. The fraction of sp³-hybridized carbons (Fsp3) is 0.429. The number of halogens is 1. The number of nitrogens with zero attached hydrogens (tertiary/aromatic N) is 1. The molecule has 0 spiro atoms. The minimum atomic E-state index is -0.318. The molecule has 0 aliphatic carbocycles. The molecule has 20 heavy (non-hydrogen) atoms. The van der Waals surface area contributed by atoms with E-state index in [1.807, 2.05) is 25.1 Å². The number of hydrogen-bond donors (Lipinski definition) is 2. The summed E-state index contributed by atoms with van der Waals surface area (Å²) in [5.74, 6) is 0.292. The third-order valence-electron chi connectivity index (χ3n) is 2.76. The Morgan fingerprint density at radius 2 is 2.35 bits per heavy atom. The van der Waals surface area contributed by atoms with Gasteiger partial charge in [-0.3, -0.25) is 4.79 Å². The number of amides is 1. The third kappa shape index (κ3) is 5.59. The predicted octanol–water partition coefficient (Wildman–Crippen LogP) is 1.75. The van der Waals surface area contributed by atoms with Gasteiger partial charge in [0.1, 0.15) is 12.3 Å². The van der Waals surface area contributed by atoms with E-state index in [0.29, 0.717) is 5.75 Å². The maximum Gasteiger partial charge on any atom is 0.258 e. The molecule has 0 aliphatic rings. The second-order valence-electron chi connectivity index (χ2n) is 4.35. The summed E-state index contributed by atoms with van der Waals surface area (Å²) in [4.78, 5) is 11.3. The van der Waals surface area contributed by atoms with Gasteiger partial charge in [-0.2, -0.15) is 5.26 Å². The van der Waals surface area contributed by atoms with Gasteiger partial charge in [0.2, 0.25) is 0 Å². The first kappa shape index (κ1) is 16.5. The molecule has 3 N–H and O–H groups in total. The lowest BCUT2D eigenvalue weighted by atomic mass is 10.0. The summed E-state index contributed by atoms with van der Waals surface area (Å²) in [5.41, 5.74) is 6.99. The van der Waals surface area contributed by atoms with E-state index in [9.17, 15) is 4.79 Å². The third-order valence-corrected chi connectivity index (χ3v) is 3.53. The van der Waals surface area contributed by atoms with E-state index in [-0.39, 0.29) is 25.1 Å². The number of carbonyl (C=O) groups excluding carboxylic acids is 1. The number of nitrogens with one attached hydrogen (secondary N) is 1. The van der Waals surface area contributed by atoms with E-state index >= 15 is 0 Å². The highest BCUT2D eigenvalue weighted by Crippen LogP contribution is 2.24. The van der Waals surface area contributed by atoms with Gasteiger partial charge in [-0.25, -0.2) is 0 Å². The first-order valence-corrected chi connectivity index (χ1v) is 7.16. The molecule has 0 bridgehead atoms. The summed E-state index contributed by atoms with van der Waals surface area (Å²) in [5, 5.41) is 10.8. The lowest BCUT2D eigenvalue weighted by molar-refractivity contribution is -0.122. The number of ether oxygens (including phenoxy) is 1. The van der Waals surface area contributed by atoms with Gasteiger partial charge in [-0.05, 0) is 36.6 Å². The fourth-order valence-electron chi connectivity index (χ4n) is 1.56. The minimum Gasteiger partial charge on any atom is -0.484 e. The van der Waals surface area contributed by atoms with Gasteiger partial charge in [0.25, 0.3) is 5.91 Å². The van der Waals surface area contributed by atoms with E-state index < -0.39 is 0 Å². The molecule has 0 heterocycles. The zero-order valence-corrected chi connectivity index (χ0v) is 12.9. The maximum absolute atomic E-state index is 11.3. The molecule has 1 aromatic rings. The average Bonchev–Trinajstić information content (AvgIpc) is 2.45. The number of carbonyl (C=O) groups is 1. The molecule has 5 nitrogen and oxygen atoms in total. The van der Waals surface area contributed by atoms with Crippen LogP contribution in [0.5, 0.6) is 5.75 Å². The van der Waals surface area contributed by atoms with Crippen molar-refractivity contribution in [1.29, 1.82) is 5.26 Å². The molecule has 1 unspecified atom stereocenters. The van der Waals surface area contributed by atoms with Gasteiger partial charge >= 0.3 is 0 Å². The number of hydrogen-bond acceptors (Lipinski definition) is 4. The van der Waals surface area contributed by atoms with Crippen molar-refractivity contribution in [3.05, 3.63) is 28.2 Å². The largest absolute Gasteiger partial charge is 0.484 e. The van der Waals surface area contributed by atoms with Crippen molar-refractivity contribution in [3.63, 3.8) is 0 Å². The monoisotopic (exact) mass is 339 g/mol. The van der Waals surface area contributed by atoms with Crippen molar-refractivity contribution in [3.8, 4) is 11.8 Å². The molecule has 0 saturated heterocycles. The predicted molar refractivity (Wildman–Crippen MR) is 80.2 cm³/mol. The maximum atomic E-state index is 11.3. The van der Waals surface area contributed by atoms with Gasteiger partial charge in [-0.1, -0.05) is 22.9 Å². The van der Waals surface area contributed by atoms with Crippen molar-refractivity contribution in [1.82, 2.24) is 5.32 Å². The van der Waals surface area contributed by atoms with Gasteiger partial charge < -0.3 is 15.8 Å². The normalized spacial score (nSPS) is 11.5. The van der Waals surface area contributed by atoms with E-state index in [2.05, 4.69) is 21.2 Å². The van der Waals surface area contributed by atoms with Crippen LogP contribution in [0.1, 0.15) is 18.9 Å². The molecule has 0 radical (unpaired) electrons. The Hall–Kier alpha value is -1.58. The molecule has 1 amide bonds. The minimum absolute atomic E-state index is 0.0147. The smallest absolute Gasteiger partial charge is 0.258 e.